The van der Waals surface area contributed by atoms with E-state index >= 15 is 0 Å². The summed E-state index contributed by atoms with van der Waals surface area (Å²) in [7, 11) is 1.76. The molecular weight excluding hydrogens is 326 g/mol. The molecule has 0 bridgehead atoms. The second-order valence-corrected chi connectivity index (χ2v) is 5.70. The van der Waals surface area contributed by atoms with Gasteiger partial charge in [0.25, 0.3) is 11.8 Å². The Bertz CT molecular complexity index is 895. The minimum absolute atomic E-state index is 0.262. The maximum Gasteiger partial charge on any atom is 0.271 e. The van der Waals surface area contributed by atoms with E-state index in [0.717, 1.165) is 5.69 Å². The third kappa shape index (κ3) is 4.08. The topological polar surface area (TPSA) is 61.4 Å². The number of amides is 2. The van der Waals surface area contributed by atoms with E-state index < -0.39 is 0 Å². The van der Waals surface area contributed by atoms with Crippen LogP contribution >= 0.6 is 0 Å². The van der Waals surface area contributed by atoms with Crippen LogP contribution in [-0.4, -0.2) is 18.9 Å². The van der Waals surface area contributed by atoms with Crippen LogP contribution in [0.2, 0.25) is 0 Å². The summed E-state index contributed by atoms with van der Waals surface area (Å²) >= 11 is 0. The van der Waals surface area contributed by atoms with Crippen LogP contribution in [-0.2, 0) is 0 Å². The van der Waals surface area contributed by atoms with Crippen LogP contribution < -0.4 is 15.8 Å². The number of hydrazine groups is 1. The molecule has 0 radical (unpaired) electrons. The summed E-state index contributed by atoms with van der Waals surface area (Å²) in [6.07, 6.45) is 0. The van der Waals surface area contributed by atoms with Crippen LogP contribution in [0.3, 0.4) is 0 Å². The van der Waals surface area contributed by atoms with Gasteiger partial charge in [-0.2, -0.15) is 0 Å². The number of hydrogen-bond donors (Lipinski definition) is 2. The minimum atomic E-state index is -0.305. The molecule has 0 aliphatic carbocycles. The molecule has 0 saturated carbocycles. The zero-order valence-electron chi connectivity index (χ0n) is 14.3. The summed E-state index contributed by atoms with van der Waals surface area (Å²) in [5.74, 6) is -0.567. The Hall–Kier alpha value is -3.60. The number of carbonyl (C=O) groups excluding carboxylic acids is 2. The third-order valence-corrected chi connectivity index (χ3v) is 3.87. The van der Waals surface area contributed by atoms with Gasteiger partial charge in [-0.3, -0.25) is 20.0 Å². The Kier molecular flexibility index (Phi) is 5.29. The van der Waals surface area contributed by atoms with Gasteiger partial charge in [0.05, 0.1) is 16.9 Å². The maximum absolute atomic E-state index is 12.7. The molecule has 5 nitrogen and oxygen atoms in total. The number of para-hydroxylation sites is 2. The van der Waals surface area contributed by atoms with Crippen LogP contribution in [0, 0.1) is 0 Å². The van der Waals surface area contributed by atoms with Crippen molar-refractivity contribution >= 4 is 23.2 Å². The molecule has 0 saturated heterocycles. The third-order valence-electron chi connectivity index (χ3n) is 3.87. The first-order chi connectivity index (χ1) is 12.6. The van der Waals surface area contributed by atoms with Crippen LogP contribution in [0.5, 0.6) is 0 Å². The van der Waals surface area contributed by atoms with Crippen molar-refractivity contribution < 1.29 is 9.59 Å². The predicted octanol–water partition coefficient (Wildman–Crippen LogP) is 3.72. The smallest absolute Gasteiger partial charge is 0.271 e. The number of nitrogens with one attached hydrogen (secondary N) is 2. The Labute approximate surface area is 152 Å². The SMILES string of the molecule is CN(NC(=O)c1ccccc1NC(=O)c1ccccc1)c1ccccc1. The quantitative estimate of drug-likeness (QED) is 0.693. The van der Waals surface area contributed by atoms with E-state index in [9.17, 15) is 9.59 Å². The molecular formula is C21H19N3O2. The molecule has 0 aliphatic rings. The largest absolute Gasteiger partial charge is 0.321 e. The van der Waals surface area contributed by atoms with Crippen molar-refractivity contribution in [2.75, 3.05) is 17.4 Å². The normalized spacial score (nSPS) is 10.0. The van der Waals surface area contributed by atoms with Crippen LogP contribution in [0.15, 0.2) is 84.9 Å². The summed E-state index contributed by atoms with van der Waals surface area (Å²) < 4.78 is 0. The van der Waals surface area contributed by atoms with Crippen LogP contribution in [0.4, 0.5) is 11.4 Å². The van der Waals surface area contributed by atoms with Gasteiger partial charge in [-0.1, -0.05) is 48.5 Å². The first kappa shape index (κ1) is 17.2. The van der Waals surface area contributed by atoms with Crippen molar-refractivity contribution in [3.05, 3.63) is 96.1 Å². The predicted molar refractivity (Wildman–Crippen MR) is 103 cm³/mol. The van der Waals surface area contributed by atoms with Gasteiger partial charge >= 0.3 is 0 Å². The Morgan fingerprint density at radius 3 is 2.00 bits per heavy atom. The molecule has 0 heterocycles. The number of anilines is 2. The molecule has 0 aliphatic heterocycles. The highest BCUT2D eigenvalue weighted by atomic mass is 16.2. The zero-order valence-corrected chi connectivity index (χ0v) is 14.3. The Balaban J connectivity index is 1.76. The second-order valence-electron chi connectivity index (χ2n) is 5.70. The highest BCUT2D eigenvalue weighted by molar-refractivity contribution is 6.09. The van der Waals surface area contributed by atoms with E-state index in [1.807, 2.05) is 36.4 Å². The van der Waals surface area contributed by atoms with Crippen molar-refractivity contribution in [3.8, 4) is 0 Å². The second kappa shape index (κ2) is 7.98. The molecule has 0 fully saturated rings. The van der Waals surface area contributed by atoms with Gasteiger partial charge in [0.2, 0.25) is 0 Å². The minimum Gasteiger partial charge on any atom is -0.321 e. The summed E-state index contributed by atoms with van der Waals surface area (Å²) in [6.45, 7) is 0. The van der Waals surface area contributed by atoms with Crippen molar-refractivity contribution in [2.24, 2.45) is 0 Å². The molecule has 3 aromatic rings. The lowest BCUT2D eigenvalue weighted by Gasteiger charge is -2.21. The summed E-state index contributed by atoms with van der Waals surface area (Å²) in [4.78, 5) is 25.0. The average Bonchev–Trinajstić information content (AvgIpc) is 2.69. The number of benzene rings is 3. The van der Waals surface area contributed by atoms with Crippen LogP contribution in [0.25, 0.3) is 0 Å². The number of carbonyl (C=O) groups is 2. The molecule has 26 heavy (non-hydrogen) atoms. The molecule has 0 unspecified atom stereocenters. The standard InChI is InChI=1S/C21H19N3O2/c1-24(17-12-6-3-7-13-17)23-21(26)18-14-8-9-15-19(18)22-20(25)16-10-4-2-5-11-16/h2-15H,1H3,(H,22,25)(H,23,26). The number of hydrogen-bond acceptors (Lipinski definition) is 3. The fourth-order valence-corrected chi connectivity index (χ4v) is 2.50. The summed E-state index contributed by atoms with van der Waals surface area (Å²) in [6, 6.07) is 25.3. The van der Waals surface area contributed by atoms with Gasteiger partial charge < -0.3 is 5.32 Å². The molecule has 0 aromatic heterocycles. The number of nitrogens with zero attached hydrogens (tertiary/aromatic N) is 1. The van der Waals surface area contributed by atoms with Crippen molar-refractivity contribution in [2.45, 2.75) is 0 Å². The molecule has 2 amide bonds. The molecule has 3 aromatic carbocycles. The maximum atomic E-state index is 12.7. The average molecular weight is 345 g/mol. The van der Waals surface area contributed by atoms with Crippen molar-refractivity contribution in [1.29, 1.82) is 0 Å². The van der Waals surface area contributed by atoms with Gasteiger partial charge in [0, 0.05) is 12.6 Å². The monoisotopic (exact) mass is 345 g/mol. The highest BCUT2D eigenvalue weighted by Crippen LogP contribution is 2.17. The lowest BCUT2D eigenvalue weighted by atomic mass is 10.1. The van der Waals surface area contributed by atoms with E-state index in [0.29, 0.717) is 16.8 Å². The van der Waals surface area contributed by atoms with Crippen molar-refractivity contribution in [3.63, 3.8) is 0 Å². The Morgan fingerprint density at radius 1 is 0.731 bits per heavy atom. The molecule has 0 atom stereocenters. The van der Waals surface area contributed by atoms with Gasteiger partial charge in [-0.25, -0.2) is 0 Å². The first-order valence-electron chi connectivity index (χ1n) is 8.20. The molecule has 0 spiro atoms. The van der Waals surface area contributed by atoms with Crippen molar-refractivity contribution in [1.82, 2.24) is 5.43 Å². The van der Waals surface area contributed by atoms with E-state index in [2.05, 4.69) is 10.7 Å². The first-order valence-corrected chi connectivity index (χ1v) is 8.20. The van der Waals surface area contributed by atoms with Gasteiger partial charge in [0.1, 0.15) is 0 Å². The molecule has 5 heteroatoms. The number of rotatable bonds is 5. The lowest BCUT2D eigenvalue weighted by molar-refractivity contribution is 0.0952. The van der Waals surface area contributed by atoms with Gasteiger partial charge in [-0.05, 0) is 36.4 Å². The Morgan fingerprint density at radius 2 is 1.31 bits per heavy atom. The van der Waals surface area contributed by atoms with E-state index in [1.54, 1.807) is 60.6 Å². The molecule has 2 N–H and O–H groups in total. The van der Waals surface area contributed by atoms with E-state index in [1.165, 1.54) is 0 Å². The zero-order chi connectivity index (χ0) is 18.4. The highest BCUT2D eigenvalue weighted by Gasteiger charge is 2.15. The van der Waals surface area contributed by atoms with E-state index in [4.69, 9.17) is 0 Å². The molecule has 3 rings (SSSR count). The fourth-order valence-electron chi connectivity index (χ4n) is 2.50. The summed E-state index contributed by atoms with van der Waals surface area (Å²) in [5.41, 5.74) is 5.04. The van der Waals surface area contributed by atoms with Gasteiger partial charge in [0.15, 0.2) is 0 Å². The lowest BCUT2D eigenvalue weighted by Crippen LogP contribution is -2.39. The van der Waals surface area contributed by atoms with E-state index in [-0.39, 0.29) is 11.8 Å². The van der Waals surface area contributed by atoms with Crippen LogP contribution in [0.1, 0.15) is 20.7 Å². The fraction of sp³-hybridized carbons (Fsp3) is 0.0476. The molecule has 130 valence electrons. The summed E-state index contributed by atoms with van der Waals surface area (Å²) in [5, 5.41) is 4.44. The van der Waals surface area contributed by atoms with Gasteiger partial charge in [-0.15, -0.1) is 0 Å².